The second-order valence-corrected chi connectivity index (χ2v) is 9.93. The van der Waals surface area contributed by atoms with E-state index >= 15 is 0 Å². The molecule has 41 heavy (non-hydrogen) atoms. The Labute approximate surface area is 255 Å². The van der Waals surface area contributed by atoms with Crippen molar-refractivity contribution in [3.8, 4) is 17.2 Å². The van der Waals surface area contributed by atoms with Crippen LogP contribution in [0, 0.1) is 3.57 Å². The van der Waals surface area contributed by atoms with Gasteiger partial charge in [-0.25, -0.2) is 15.0 Å². The number of rotatable bonds is 13. The van der Waals surface area contributed by atoms with Gasteiger partial charge in [0, 0.05) is 11.3 Å². The van der Waals surface area contributed by atoms with Gasteiger partial charge in [0.25, 0.3) is 5.91 Å². The van der Waals surface area contributed by atoms with Crippen molar-refractivity contribution in [3.05, 3.63) is 62.4 Å². The van der Waals surface area contributed by atoms with Crippen LogP contribution in [0.4, 0.5) is 0 Å². The molecule has 1 aliphatic rings. The van der Waals surface area contributed by atoms with Crippen molar-refractivity contribution < 1.29 is 38.4 Å². The third-order valence-corrected chi connectivity index (χ3v) is 6.45. The summed E-state index contributed by atoms with van der Waals surface area (Å²) in [6.07, 6.45) is 1.41. The molecule has 0 radical (unpaired) electrons. The lowest BCUT2D eigenvalue weighted by molar-refractivity contribution is -0.140. The number of para-hydroxylation sites is 1. The van der Waals surface area contributed by atoms with Gasteiger partial charge in [0.05, 0.1) is 34.6 Å². The predicted octanol–water partition coefficient (Wildman–Crippen LogP) is 3.04. The molecule has 0 fully saturated rings. The highest BCUT2D eigenvalue weighted by Crippen LogP contribution is 2.35. The van der Waals surface area contributed by atoms with E-state index in [9.17, 15) is 14.4 Å². The molecule has 4 N–H and O–H groups in total. The lowest BCUT2D eigenvalue weighted by atomic mass is 9.95. The molecule has 0 spiro atoms. The summed E-state index contributed by atoms with van der Waals surface area (Å²) < 4.78 is 22.6. The molecule has 0 aliphatic carbocycles. The van der Waals surface area contributed by atoms with E-state index in [1.54, 1.807) is 57.2 Å². The number of carboxylic acid groups (broad SMARTS) is 1. The van der Waals surface area contributed by atoms with Gasteiger partial charge in [-0.3, -0.25) is 4.79 Å². The number of benzene rings is 2. The van der Waals surface area contributed by atoms with Crippen LogP contribution in [0.2, 0.25) is 0 Å². The van der Waals surface area contributed by atoms with Crippen molar-refractivity contribution in [2.45, 2.75) is 26.8 Å². The Morgan fingerprint density at radius 1 is 1.10 bits per heavy atom. The van der Waals surface area contributed by atoms with Crippen LogP contribution in [0.15, 0.2) is 52.8 Å². The fourth-order valence-electron chi connectivity index (χ4n) is 3.81. The zero-order valence-electron chi connectivity index (χ0n) is 22.5. The molecule has 1 aliphatic heterocycles. The molecule has 2 aromatic carbocycles. The largest absolute Gasteiger partial charge is 0.490 e. The fourth-order valence-corrected chi connectivity index (χ4v) is 4.86. The van der Waals surface area contributed by atoms with Gasteiger partial charge in [-0.1, -0.05) is 18.2 Å². The number of aliphatic carboxylic acids is 1. The molecule has 2 aromatic rings. The summed E-state index contributed by atoms with van der Waals surface area (Å²) in [5.41, 5.74) is 4.51. The maximum atomic E-state index is 12.7. The highest BCUT2D eigenvalue weighted by Gasteiger charge is 2.32. The minimum absolute atomic E-state index is 0.209. The molecule has 0 saturated carbocycles. The zero-order chi connectivity index (χ0) is 29.9. The second-order valence-electron chi connectivity index (χ2n) is 8.36. The Bertz CT molecular complexity index is 1380. The number of halogens is 1. The van der Waals surface area contributed by atoms with Crippen molar-refractivity contribution in [2.75, 3.05) is 26.4 Å². The lowest BCUT2D eigenvalue weighted by Crippen LogP contribution is -2.45. The molecule has 218 valence electrons. The van der Waals surface area contributed by atoms with Crippen molar-refractivity contribution in [1.82, 2.24) is 16.1 Å². The molecule has 3 rings (SSSR count). The highest BCUT2D eigenvalue weighted by molar-refractivity contribution is 14.1. The Morgan fingerprint density at radius 2 is 1.85 bits per heavy atom. The molecular weight excluding hydrogens is 667 g/mol. The number of thiocarbonyl (C=S) groups is 1. The molecule has 1 heterocycles. The molecule has 1 amide bonds. The van der Waals surface area contributed by atoms with Gasteiger partial charge in [0.2, 0.25) is 0 Å². The Morgan fingerprint density at radius 3 is 2.56 bits per heavy atom. The van der Waals surface area contributed by atoms with Gasteiger partial charge in [0.15, 0.2) is 29.8 Å². The van der Waals surface area contributed by atoms with Crippen LogP contribution < -0.4 is 30.3 Å². The van der Waals surface area contributed by atoms with E-state index in [4.69, 9.17) is 36.3 Å². The number of carbonyl (C=O) groups excluding carboxylic acids is 2. The molecule has 12 nitrogen and oxygen atoms in total. The summed E-state index contributed by atoms with van der Waals surface area (Å²) in [6, 6.07) is 9.66. The van der Waals surface area contributed by atoms with Gasteiger partial charge in [0.1, 0.15) is 5.75 Å². The number of carbonyl (C=O) groups is 3. The van der Waals surface area contributed by atoms with Crippen molar-refractivity contribution in [1.29, 1.82) is 0 Å². The third kappa shape index (κ3) is 8.78. The number of amides is 1. The molecular formula is C27H29IN4O8S. The van der Waals surface area contributed by atoms with Crippen LogP contribution in [0.5, 0.6) is 17.2 Å². The predicted molar refractivity (Wildman–Crippen MR) is 162 cm³/mol. The van der Waals surface area contributed by atoms with Crippen LogP contribution >= 0.6 is 34.8 Å². The Balaban J connectivity index is 1.70. The number of ether oxygens (including phenoxy) is 4. The van der Waals surface area contributed by atoms with E-state index in [0.717, 1.165) is 0 Å². The number of esters is 1. The first-order valence-electron chi connectivity index (χ1n) is 12.4. The van der Waals surface area contributed by atoms with E-state index in [1.165, 1.54) is 6.21 Å². The number of carboxylic acids is 1. The van der Waals surface area contributed by atoms with Crippen molar-refractivity contribution in [2.24, 2.45) is 5.10 Å². The van der Waals surface area contributed by atoms with Crippen LogP contribution in [0.25, 0.3) is 0 Å². The fraction of sp³-hybridized carbons (Fsp3) is 0.296. The van der Waals surface area contributed by atoms with E-state index < -0.39 is 30.5 Å². The van der Waals surface area contributed by atoms with E-state index in [2.05, 4.69) is 21.2 Å². The van der Waals surface area contributed by atoms with Gasteiger partial charge >= 0.3 is 11.9 Å². The number of hydrazone groups is 1. The standard InChI is InChI=1S/C27H29IN4O8S/c1-4-37-20-11-16(10-18(28)25(20)40-14-22(34)35)12-29-32-21(33)13-39-19-9-7-6-8-17(19)24-23(26(36)38-5-2)15(3)30-27(41)31-24/h6-12,24H,4-5,13-14H2,1-3H3,(H,32,33)(H,34,35)(H2,30,31,41)/t24-/m1/s1. The number of hydrogen-bond donors (Lipinski definition) is 4. The first-order valence-corrected chi connectivity index (χ1v) is 13.9. The second kappa shape index (κ2) is 15.2. The number of nitrogens with one attached hydrogen (secondary N) is 3. The van der Waals surface area contributed by atoms with E-state index in [-0.39, 0.29) is 13.2 Å². The maximum absolute atomic E-state index is 12.7. The first-order chi connectivity index (χ1) is 19.6. The molecule has 0 saturated heterocycles. The molecule has 0 bridgehead atoms. The van der Waals surface area contributed by atoms with Crippen molar-refractivity contribution >= 4 is 64.0 Å². The van der Waals surface area contributed by atoms with Crippen LogP contribution in [-0.2, 0) is 19.1 Å². The molecule has 0 unspecified atom stereocenters. The van der Waals surface area contributed by atoms with Gasteiger partial charge in [-0.15, -0.1) is 0 Å². The van der Waals surface area contributed by atoms with Gasteiger partial charge in [-0.05, 0) is 79.3 Å². The molecule has 0 aromatic heterocycles. The Hall–Kier alpha value is -3.92. The monoisotopic (exact) mass is 696 g/mol. The van der Waals surface area contributed by atoms with E-state index in [1.807, 2.05) is 22.6 Å². The average molecular weight is 697 g/mol. The Kier molecular flexibility index (Phi) is 11.7. The maximum Gasteiger partial charge on any atom is 0.341 e. The van der Waals surface area contributed by atoms with Gasteiger partial charge in [-0.2, -0.15) is 5.10 Å². The summed E-state index contributed by atoms with van der Waals surface area (Å²) in [4.78, 5) is 36.1. The van der Waals surface area contributed by atoms with Gasteiger partial charge < -0.3 is 34.7 Å². The van der Waals surface area contributed by atoms with Crippen LogP contribution in [-0.4, -0.2) is 60.7 Å². The smallest absolute Gasteiger partial charge is 0.341 e. The van der Waals surface area contributed by atoms with E-state index in [0.29, 0.717) is 54.9 Å². The number of nitrogens with zero attached hydrogens (tertiary/aromatic N) is 1. The topological polar surface area (TPSA) is 157 Å². The zero-order valence-corrected chi connectivity index (χ0v) is 25.5. The first kappa shape index (κ1) is 31.6. The lowest BCUT2D eigenvalue weighted by Gasteiger charge is -2.30. The third-order valence-electron chi connectivity index (χ3n) is 5.43. The summed E-state index contributed by atoms with van der Waals surface area (Å²) >= 11 is 7.29. The number of allylic oxidation sites excluding steroid dienone is 1. The molecule has 14 heteroatoms. The summed E-state index contributed by atoms with van der Waals surface area (Å²) in [5, 5.41) is 19.3. The van der Waals surface area contributed by atoms with Crippen LogP contribution in [0.1, 0.15) is 37.9 Å². The quantitative estimate of drug-likeness (QED) is 0.0803. The number of hydrogen-bond acceptors (Lipinski definition) is 9. The van der Waals surface area contributed by atoms with Crippen molar-refractivity contribution in [3.63, 3.8) is 0 Å². The molecule has 1 atom stereocenters. The summed E-state index contributed by atoms with van der Waals surface area (Å²) in [6.45, 7) is 4.92. The highest BCUT2D eigenvalue weighted by atomic mass is 127. The average Bonchev–Trinajstić information content (AvgIpc) is 2.91. The van der Waals surface area contributed by atoms with Crippen LogP contribution in [0.3, 0.4) is 0 Å². The summed E-state index contributed by atoms with van der Waals surface area (Å²) in [5.74, 6) is -1.10. The minimum atomic E-state index is -1.11. The SMILES string of the molecule is CCOC(=O)C1=C(C)NC(=S)N[C@@H]1c1ccccc1OCC(=O)NN=Cc1cc(I)c(OCC(=O)O)c(OCC)c1. The summed E-state index contributed by atoms with van der Waals surface area (Å²) in [7, 11) is 0. The normalized spacial score (nSPS) is 14.6. The minimum Gasteiger partial charge on any atom is -0.490 e.